The Bertz CT molecular complexity index is 446. The van der Waals surface area contributed by atoms with E-state index in [1.807, 2.05) is 0 Å². The van der Waals surface area contributed by atoms with Crippen molar-refractivity contribution in [3.63, 3.8) is 0 Å². The Hall–Kier alpha value is -1.00. The van der Waals surface area contributed by atoms with Crippen LogP contribution in [0.4, 0.5) is 4.39 Å². The molecule has 0 amide bonds. The van der Waals surface area contributed by atoms with Gasteiger partial charge in [0.05, 0.1) is 0 Å². The quantitative estimate of drug-likeness (QED) is 0.583. The summed E-state index contributed by atoms with van der Waals surface area (Å²) in [4.78, 5) is 2.67. The first kappa shape index (κ1) is 17.1. The highest BCUT2D eigenvalue weighted by Crippen LogP contribution is 2.16. The van der Waals surface area contributed by atoms with Crippen molar-refractivity contribution in [3.8, 4) is 0 Å². The third-order valence-electron chi connectivity index (χ3n) is 3.49. The number of unbranched alkanes of at least 4 members (excludes halogenated alkanes) is 2. The lowest BCUT2D eigenvalue weighted by Crippen LogP contribution is -2.32. The van der Waals surface area contributed by atoms with Crippen LogP contribution in [0.3, 0.4) is 0 Å². The summed E-state index contributed by atoms with van der Waals surface area (Å²) in [6, 6.07) is 5.05. The SMILES string of the molecule is CCCCCN(Cc1cc(F)ccc1C(N)=S)C(C)C. The summed E-state index contributed by atoms with van der Waals surface area (Å²) in [5.41, 5.74) is 7.39. The van der Waals surface area contributed by atoms with Gasteiger partial charge in [0.1, 0.15) is 10.8 Å². The fourth-order valence-electron chi connectivity index (χ4n) is 2.24. The van der Waals surface area contributed by atoms with Crippen molar-refractivity contribution in [2.24, 2.45) is 5.73 Å². The van der Waals surface area contributed by atoms with Crippen molar-refractivity contribution >= 4 is 17.2 Å². The molecule has 0 saturated carbocycles. The normalized spacial score (nSPS) is 11.3. The van der Waals surface area contributed by atoms with Gasteiger partial charge in [0.15, 0.2) is 0 Å². The first-order valence-corrected chi connectivity index (χ1v) is 7.68. The van der Waals surface area contributed by atoms with Crippen molar-refractivity contribution in [3.05, 3.63) is 35.1 Å². The number of thiocarbonyl (C=S) groups is 1. The largest absolute Gasteiger partial charge is 0.389 e. The van der Waals surface area contributed by atoms with Crippen LogP contribution in [0.2, 0.25) is 0 Å². The smallest absolute Gasteiger partial charge is 0.123 e. The summed E-state index contributed by atoms with van der Waals surface area (Å²) in [6.45, 7) is 8.21. The van der Waals surface area contributed by atoms with E-state index in [1.54, 1.807) is 12.1 Å². The van der Waals surface area contributed by atoms with Gasteiger partial charge in [-0.05, 0) is 50.6 Å². The summed E-state index contributed by atoms with van der Waals surface area (Å²) in [5.74, 6) is -0.239. The molecule has 0 aliphatic rings. The van der Waals surface area contributed by atoms with Crippen LogP contribution in [0.25, 0.3) is 0 Å². The predicted molar refractivity (Wildman–Crippen MR) is 87.4 cm³/mol. The number of nitrogens with zero attached hydrogens (tertiary/aromatic N) is 1. The minimum Gasteiger partial charge on any atom is -0.389 e. The monoisotopic (exact) mass is 296 g/mol. The van der Waals surface area contributed by atoms with E-state index in [0.717, 1.165) is 24.1 Å². The Labute approximate surface area is 127 Å². The molecule has 20 heavy (non-hydrogen) atoms. The van der Waals surface area contributed by atoms with Gasteiger partial charge in [-0.2, -0.15) is 0 Å². The molecule has 2 N–H and O–H groups in total. The first-order valence-electron chi connectivity index (χ1n) is 7.28. The van der Waals surface area contributed by atoms with Crippen LogP contribution in [0, 0.1) is 5.82 Å². The Morgan fingerprint density at radius 2 is 2.05 bits per heavy atom. The van der Waals surface area contributed by atoms with Gasteiger partial charge in [0.2, 0.25) is 0 Å². The average Bonchev–Trinajstić information content (AvgIpc) is 2.37. The maximum Gasteiger partial charge on any atom is 0.123 e. The maximum atomic E-state index is 13.5. The molecule has 4 heteroatoms. The number of benzene rings is 1. The average molecular weight is 296 g/mol. The summed E-state index contributed by atoms with van der Waals surface area (Å²) >= 11 is 5.05. The summed E-state index contributed by atoms with van der Waals surface area (Å²) in [6.07, 6.45) is 3.57. The summed E-state index contributed by atoms with van der Waals surface area (Å²) < 4.78 is 13.5. The molecule has 1 aromatic carbocycles. The molecule has 0 radical (unpaired) electrons. The highest BCUT2D eigenvalue weighted by Gasteiger charge is 2.14. The van der Waals surface area contributed by atoms with Crippen molar-refractivity contribution in [1.29, 1.82) is 0 Å². The number of hydrogen-bond donors (Lipinski definition) is 1. The summed E-state index contributed by atoms with van der Waals surface area (Å²) in [7, 11) is 0. The minimum absolute atomic E-state index is 0.239. The topological polar surface area (TPSA) is 29.3 Å². The Morgan fingerprint density at radius 3 is 2.60 bits per heavy atom. The fraction of sp³-hybridized carbons (Fsp3) is 0.562. The zero-order valence-corrected chi connectivity index (χ0v) is 13.5. The van der Waals surface area contributed by atoms with Crippen LogP contribution in [0.5, 0.6) is 0 Å². The standard InChI is InChI=1S/C16H25FN2S/c1-4-5-6-9-19(12(2)3)11-13-10-14(17)7-8-15(13)16(18)20/h7-8,10,12H,4-6,9,11H2,1-3H3,(H2,18,20). The number of rotatable bonds is 8. The van der Waals surface area contributed by atoms with Crippen LogP contribution in [-0.4, -0.2) is 22.5 Å². The van der Waals surface area contributed by atoms with Crippen molar-refractivity contribution in [2.45, 2.75) is 52.6 Å². The zero-order chi connectivity index (χ0) is 15.1. The van der Waals surface area contributed by atoms with Crippen LogP contribution in [-0.2, 0) is 6.54 Å². The van der Waals surface area contributed by atoms with E-state index in [2.05, 4.69) is 25.7 Å². The molecule has 1 rings (SSSR count). The van der Waals surface area contributed by atoms with Crippen LogP contribution < -0.4 is 5.73 Å². The van der Waals surface area contributed by atoms with Crippen molar-refractivity contribution in [1.82, 2.24) is 4.90 Å². The summed E-state index contributed by atoms with van der Waals surface area (Å²) in [5, 5.41) is 0. The van der Waals surface area contributed by atoms with Gasteiger partial charge in [-0.15, -0.1) is 0 Å². The van der Waals surface area contributed by atoms with E-state index >= 15 is 0 Å². The third kappa shape index (κ3) is 5.17. The molecule has 0 atom stereocenters. The molecule has 0 saturated heterocycles. The third-order valence-corrected chi connectivity index (χ3v) is 3.71. The van der Waals surface area contributed by atoms with Gasteiger partial charge in [-0.25, -0.2) is 4.39 Å². The minimum atomic E-state index is -0.239. The molecule has 0 spiro atoms. The van der Waals surface area contributed by atoms with E-state index < -0.39 is 0 Å². The molecule has 112 valence electrons. The van der Waals surface area contributed by atoms with Gasteiger partial charge >= 0.3 is 0 Å². The maximum absolute atomic E-state index is 13.5. The van der Waals surface area contributed by atoms with E-state index in [0.29, 0.717) is 17.6 Å². The lowest BCUT2D eigenvalue weighted by Gasteiger charge is -2.27. The highest BCUT2D eigenvalue weighted by molar-refractivity contribution is 7.80. The van der Waals surface area contributed by atoms with Crippen molar-refractivity contribution in [2.75, 3.05) is 6.54 Å². The highest BCUT2D eigenvalue weighted by atomic mass is 32.1. The van der Waals surface area contributed by atoms with Gasteiger partial charge in [0, 0.05) is 18.2 Å². The molecule has 0 aliphatic heterocycles. The molecule has 0 heterocycles. The Balaban J connectivity index is 2.86. The van der Waals surface area contributed by atoms with E-state index in [9.17, 15) is 4.39 Å². The van der Waals surface area contributed by atoms with Crippen LogP contribution >= 0.6 is 12.2 Å². The van der Waals surface area contributed by atoms with E-state index in [4.69, 9.17) is 18.0 Å². The van der Waals surface area contributed by atoms with Crippen molar-refractivity contribution < 1.29 is 4.39 Å². The molecular formula is C16H25FN2S. The second-order valence-electron chi connectivity index (χ2n) is 5.44. The number of halogens is 1. The van der Waals surface area contributed by atoms with Gasteiger partial charge in [-0.3, -0.25) is 4.90 Å². The van der Waals surface area contributed by atoms with E-state index in [-0.39, 0.29) is 5.82 Å². The number of nitrogens with two attached hydrogens (primary N) is 1. The van der Waals surface area contributed by atoms with Crippen LogP contribution in [0.1, 0.15) is 51.2 Å². The lowest BCUT2D eigenvalue weighted by atomic mass is 10.1. The van der Waals surface area contributed by atoms with Crippen LogP contribution in [0.15, 0.2) is 18.2 Å². The first-order chi connectivity index (χ1) is 9.45. The van der Waals surface area contributed by atoms with Gasteiger partial charge in [0.25, 0.3) is 0 Å². The Morgan fingerprint density at radius 1 is 1.35 bits per heavy atom. The predicted octanol–water partition coefficient (Wildman–Crippen LogP) is 3.86. The molecule has 0 aromatic heterocycles. The molecule has 0 bridgehead atoms. The van der Waals surface area contributed by atoms with Gasteiger partial charge in [-0.1, -0.05) is 32.0 Å². The van der Waals surface area contributed by atoms with E-state index in [1.165, 1.54) is 18.9 Å². The molecule has 2 nitrogen and oxygen atoms in total. The molecular weight excluding hydrogens is 271 g/mol. The molecule has 0 aliphatic carbocycles. The zero-order valence-electron chi connectivity index (χ0n) is 12.7. The molecule has 1 aromatic rings. The second-order valence-corrected chi connectivity index (χ2v) is 5.88. The Kier molecular flexibility index (Phi) is 7.10. The molecule has 0 fully saturated rings. The second kappa shape index (κ2) is 8.32. The van der Waals surface area contributed by atoms with Gasteiger partial charge < -0.3 is 5.73 Å². The number of hydrogen-bond acceptors (Lipinski definition) is 2. The lowest BCUT2D eigenvalue weighted by molar-refractivity contribution is 0.208. The molecule has 0 unspecified atom stereocenters. The fourth-order valence-corrected chi connectivity index (χ4v) is 2.44.